The maximum Gasteiger partial charge on any atom is 0.328 e. The molecule has 2 fully saturated rings. The zero-order valence-corrected chi connectivity index (χ0v) is 18.2. The molecule has 11 heteroatoms. The highest BCUT2D eigenvalue weighted by Gasteiger charge is 2.64. The van der Waals surface area contributed by atoms with Crippen LogP contribution in [0.25, 0.3) is 22.2 Å². The van der Waals surface area contributed by atoms with Crippen LogP contribution in [0.5, 0.6) is 0 Å². The number of fused-ring (bicyclic) bond motifs is 5. The average Bonchev–Trinajstić information content (AvgIpc) is 3.22. The van der Waals surface area contributed by atoms with Crippen LogP contribution in [0.1, 0.15) is 19.4 Å². The number of nitrogens with one attached hydrogen (secondary N) is 2. The highest BCUT2D eigenvalue weighted by Crippen LogP contribution is 2.50. The predicted molar refractivity (Wildman–Crippen MR) is 116 cm³/mol. The van der Waals surface area contributed by atoms with Crippen LogP contribution in [0.4, 0.5) is 14.9 Å². The molecule has 3 aliphatic heterocycles. The number of hydrogen-bond donors (Lipinski definition) is 2. The second kappa shape index (κ2) is 7.07. The Hall–Kier alpha value is -3.86. The highest BCUT2D eigenvalue weighted by atomic mass is 19.1. The Labute approximate surface area is 192 Å². The van der Waals surface area contributed by atoms with Crippen molar-refractivity contribution in [3.05, 3.63) is 42.2 Å². The van der Waals surface area contributed by atoms with Gasteiger partial charge in [0.2, 0.25) is 11.8 Å². The van der Waals surface area contributed by atoms with E-state index in [9.17, 15) is 14.4 Å². The Bertz CT molecular complexity index is 1340. The molecule has 0 aliphatic carbocycles. The minimum atomic E-state index is -1.77. The molecule has 2 saturated heterocycles. The van der Waals surface area contributed by atoms with Crippen LogP contribution in [0.2, 0.25) is 0 Å². The van der Waals surface area contributed by atoms with Gasteiger partial charge in [0, 0.05) is 29.7 Å². The quantitative estimate of drug-likeness (QED) is 0.413. The summed E-state index contributed by atoms with van der Waals surface area (Å²) in [4.78, 5) is 43.8. The normalized spacial score (nSPS) is 27.9. The van der Waals surface area contributed by atoms with E-state index in [1.54, 1.807) is 50.5 Å². The summed E-state index contributed by atoms with van der Waals surface area (Å²) in [5.41, 5.74) is 1.05. The van der Waals surface area contributed by atoms with E-state index in [0.717, 1.165) is 5.56 Å². The molecule has 34 heavy (non-hydrogen) atoms. The van der Waals surface area contributed by atoms with Gasteiger partial charge in [0.15, 0.2) is 17.3 Å². The molecule has 4 amide bonds. The van der Waals surface area contributed by atoms with Gasteiger partial charge in [-0.05, 0) is 44.0 Å². The van der Waals surface area contributed by atoms with E-state index in [-0.39, 0.29) is 6.42 Å². The number of carbonyl (C=O) groups is 3. The van der Waals surface area contributed by atoms with Crippen molar-refractivity contribution in [2.75, 3.05) is 4.90 Å². The van der Waals surface area contributed by atoms with Crippen LogP contribution < -0.4 is 15.5 Å². The summed E-state index contributed by atoms with van der Waals surface area (Å²) in [6.07, 6.45) is 0.0638. The number of hydrogen-bond acceptors (Lipinski definition) is 8. The van der Waals surface area contributed by atoms with Crippen molar-refractivity contribution >= 4 is 34.5 Å². The fraction of sp³-hybridized carbons (Fsp3) is 0.348. The Morgan fingerprint density at radius 2 is 1.79 bits per heavy atom. The number of anilines is 1. The van der Waals surface area contributed by atoms with Crippen molar-refractivity contribution in [2.24, 2.45) is 5.41 Å². The summed E-state index contributed by atoms with van der Waals surface area (Å²) in [6.45, 7) is 3.29. The first-order chi connectivity index (χ1) is 16.3. The molecule has 1 spiro atoms. The summed E-state index contributed by atoms with van der Waals surface area (Å²) in [5, 5.41) is 9.24. The molecule has 3 aliphatic rings. The number of imide groups is 2. The standard InChI is InChI=1S/C23H20FN5O5/c1-10-18-23(20(30)26-22(32)27-21(23)31)9-13-7-14-16(8-15(13)29(18)19(24)11(2)33-10)34-28-17(14)12-3-5-25-6-4-12/h3-8,10-11,18-19H,9H2,1-2H3,(H2,26,27,30,31,32). The summed E-state index contributed by atoms with van der Waals surface area (Å²) in [5.74, 6) is -1.56. The minimum Gasteiger partial charge on any atom is -0.368 e. The summed E-state index contributed by atoms with van der Waals surface area (Å²) >= 11 is 0. The number of aromatic nitrogens is 2. The lowest BCUT2D eigenvalue weighted by Crippen LogP contribution is -2.76. The Morgan fingerprint density at radius 3 is 2.50 bits per heavy atom. The number of urea groups is 1. The molecule has 0 saturated carbocycles. The molecule has 5 heterocycles. The second-order valence-corrected chi connectivity index (χ2v) is 8.90. The minimum absolute atomic E-state index is 0.0554. The van der Waals surface area contributed by atoms with E-state index < -0.39 is 47.8 Å². The third kappa shape index (κ3) is 2.67. The van der Waals surface area contributed by atoms with Crippen LogP contribution in [0, 0.1) is 5.41 Å². The second-order valence-electron chi connectivity index (χ2n) is 8.90. The number of alkyl halides is 1. The fourth-order valence-corrected chi connectivity index (χ4v) is 5.52. The molecule has 0 bridgehead atoms. The van der Waals surface area contributed by atoms with Crippen LogP contribution in [0.15, 0.2) is 41.2 Å². The zero-order chi connectivity index (χ0) is 23.8. The number of ether oxygens (including phenoxy) is 1. The number of pyridine rings is 1. The van der Waals surface area contributed by atoms with E-state index in [4.69, 9.17) is 9.26 Å². The number of amides is 4. The van der Waals surface area contributed by atoms with Gasteiger partial charge >= 0.3 is 6.03 Å². The number of morpholine rings is 1. The fourth-order valence-electron chi connectivity index (χ4n) is 5.52. The molecule has 4 atom stereocenters. The maximum atomic E-state index is 15.7. The lowest BCUT2D eigenvalue weighted by atomic mass is 9.66. The number of carbonyl (C=O) groups excluding carboxylic acids is 3. The summed E-state index contributed by atoms with van der Waals surface area (Å²) < 4.78 is 27.1. The SMILES string of the molecule is CC1OC(C)C2N(c3cc4onc(-c5ccncc5)c4cc3CC23C(=O)NC(=O)NC3=O)C1F. The van der Waals surface area contributed by atoms with Crippen LogP contribution in [-0.4, -0.2) is 52.5 Å². The number of halogens is 1. The topological polar surface area (TPSA) is 127 Å². The average molecular weight is 465 g/mol. The first-order valence-corrected chi connectivity index (χ1v) is 10.9. The number of rotatable bonds is 1. The molecule has 2 N–H and O–H groups in total. The molecule has 10 nitrogen and oxygen atoms in total. The van der Waals surface area contributed by atoms with Crippen molar-refractivity contribution in [1.29, 1.82) is 0 Å². The maximum absolute atomic E-state index is 15.7. The first-order valence-electron chi connectivity index (χ1n) is 10.9. The third-order valence-electron chi connectivity index (χ3n) is 6.97. The predicted octanol–water partition coefficient (Wildman–Crippen LogP) is 2.08. The third-order valence-corrected chi connectivity index (χ3v) is 6.97. The van der Waals surface area contributed by atoms with Gasteiger partial charge in [0.05, 0.1) is 17.5 Å². The van der Waals surface area contributed by atoms with Crippen molar-refractivity contribution in [1.82, 2.24) is 20.8 Å². The van der Waals surface area contributed by atoms with Gasteiger partial charge in [-0.2, -0.15) is 0 Å². The molecular weight excluding hydrogens is 445 g/mol. The van der Waals surface area contributed by atoms with Crippen molar-refractivity contribution in [3.8, 4) is 11.3 Å². The molecule has 3 aromatic rings. The van der Waals surface area contributed by atoms with E-state index in [1.807, 2.05) is 0 Å². The van der Waals surface area contributed by atoms with Gasteiger partial charge in [0.1, 0.15) is 11.8 Å². The van der Waals surface area contributed by atoms with Crippen LogP contribution in [0.3, 0.4) is 0 Å². The van der Waals surface area contributed by atoms with Gasteiger partial charge in [0.25, 0.3) is 0 Å². The largest absolute Gasteiger partial charge is 0.368 e. The number of barbiturate groups is 1. The van der Waals surface area contributed by atoms with Gasteiger partial charge in [-0.15, -0.1) is 0 Å². The number of benzene rings is 1. The highest BCUT2D eigenvalue weighted by molar-refractivity contribution is 6.20. The van der Waals surface area contributed by atoms with Crippen molar-refractivity contribution in [3.63, 3.8) is 0 Å². The van der Waals surface area contributed by atoms with E-state index in [2.05, 4.69) is 20.8 Å². The van der Waals surface area contributed by atoms with Crippen molar-refractivity contribution < 1.29 is 28.0 Å². The first kappa shape index (κ1) is 20.7. The summed E-state index contributed by atoms with van der Waals surface area (Å²) in [7, 11) is 0. The van der Waals surface area contributed by atoms with E-state index in [0.29, 0.717) is 27.9 Å². The van der Waals surface area contributed by atoms with E-state index in [1.165, 1.54) is 4.90 Å². The van der Waals surface area contributed by atoms with Gasteiger partial charge in [-0.25, -0.2) is 9.18 Å². The lowest BCUT2D eigenvalue weighted by molar-refractivity contribution is -0.159. The monoisotopic (exact) mass is 465 g/mol. The van der Waals surface area contributed by atoms with Gasteiger partial charge in [-0.3, -0.25) is 25.2 Å². The Balaban J connectivity index is 1.59. The van der Waals surface area contributed by atoms with Crippen molar-refractivity contribution in [2.45, 2.75) is 44.8 Å². The molecule has 2 aromatic heterocycles. The van der Waals surface area contributed by atoms with Crippen LogP contribution in [-0.2, 0) is 20.7 Å². The van der Waals surface area contributed by atoms with Gasteiger partial charge < -0.3 is 14.2 Å². The molecule has 6 rings (SSSR count). The molecule has 1 aromatic carbocycles. The zero-order valence-electron chi connectivity index (χ0n) is 18.2. The summed E-state index contributed by atoms with van der Waals surface area (Å²) in [6, 6.07) is 5.13. The molecule has 174 valence electrons. The van der Waals surface area contributed by atoms with Gasteiger partial charge in [-0.1, -0.05) is 5.16 Å². The lowest BCUT2D eigenvalue weighted by Gasteiger charge is -2.56. The van der Waals surface area contributed by atoms with Crippen LogP contribution >= 0.6 is 0 Å². The smallest absolute Gasteiger partial charge is 0.328 e. The van der Waals surface area contributed by atoms with E-state index >= 15 is 4.39 Å². The Morgan fingerprint density at radius 1 is 1.09 bits per heavy atom. The number of nitrogens with zero attached hydrogens (tertiary/aromatic N) is 3. The Kier molecular flexibility index (Phi) is 4.31. The molecule has 0 radical (unpaired) electrons. The molecular formula is C23H20FN5O5. The molecule has 4 unspecified atom stereocenters.